The maximum atomic E-state index is 9.84. The summed E-state index contributed by atoms with van der Waals surface area (Å²) >= 11 is 1.67. The number of aromatic nitrogens is 5. The van der Waals surface area contributed by atoms with Crippen LogP contribution in [0.15, 0.2) is 11.6 Å². The Labute approximate surface area is 115 Å². The van der Waals surface area contributed by atoms with Gasteiger partial charge in [-0.2, -0.15) is 5.21 Å². The SMILES string of the molecule is CC(O)C1CCC(c2nn[nH]n2)C(c2nccs2)C1. The van der Waals surface area contributed by atoms with E-state index in [4.69, 9.17) is 0 Å². The molecule has 4 unspecified atom stereocenters. The molecule has 2 aromatic heterocycles. The third kappa shape index (κ3) is 2.52. The number of hydrogen-bond donors (Lipinski definition) is 2. The zero-order valence-electron chi connectivity index (χ0n) is 10.7. The monoisotopic (exact) mass is 279 g/mol. The van der Waals surface area contributed by atoms with Gasteiger partial charge in [-0.3, -0.25) is 0 Å². The summed E-state index contributed by atoms with van der Waals surface area (Å²) in [6.07, 6.45) is 4.47. The van der Waals surface area contributed by atoms with Gasteiger partial charge in [0.1, 0.15) is 0 Å². The van der Waals surface area contributed by atoms with Gasteiger partial charge in [-0.25, -0.2) is 4.98 Å². The van der Waals surface area contributed by atoms with Crippen LogP contribution in [0.5, 0.6) is 0 Å². The molecule has 0 aliphatic heterocycles. The van der Waals surface area contributed by atoms with Crippen molar-refractivity contribution in [2.75, 3.05) is 0 Å². The molecule has 102 valence electrons. The molecule has 0 amide bonds. The molecule has 1 aliphatic rings. The predicted molar refractivity (Wildman–Crippen MR) is 70.8 cm³/mol. The maximum Gasteiger partial charge on any atom is 0.178 e. The van der Waals surface area contributed by atoms with E-state index in [-0.39, 0.29) is 17.9 Å². The highest BCUT2D eigenvalue weighted by Gasteiger charge is 2.37. The molecule has 6 nitrogen and oxygen atoms in total. The van der Waals surface area contributed by atoms with Crippen molar-refractivity contribution in [3.8, 4) is 0 Å². The smallest absolute Gasteiger partial charge is 0.178 e. The number of hydrogen-bond acceptors (Lipinski definition) is 6. The summed E-state index contributed by atoms with van der Waals surface area (Å²) in [4.78, 5) is 4.44. The molecule has 4 atom stereocenters. The first-order valence-electron chi connectivity index (χ1n) is 6.56. The number of tetrazole rings is 1. The van der Waals surface area contributed by atoms with Crippen LogP contribution in [0.1, 0.15) is 48.9 Å². The van der Waals surface area contributed by atoms with Crippen LogP contribution in [0.3, 0.4) is 0 Å². The van der Waals surface area contributed by atoms with E-state index in [1.54, 1.807) is 11.3 Å². The molecule has 3 rings (SSSR count). The minimum absolute atomic E-state index is 0.250. The van der Waals surface area contributed by atoms with Crippen LogP contribution in [0.2, 0.25) is 0 Å². The van der Waals surface area contributed by atoms with Gasteiger partial charge in [0.05, 0.1) is 11.1 Å². The number of aromatic amines is 1. The van der Waals surface area contributed by atoms with Gasteiger partial charge in [-0.15, -0.1) is 21.5 Å². The Hall–Kier alpha value is -1.34. The van der Waals surface area contributed by atoms with E-state index in [0.717, 1.165) is 30.1 Å². The van der Waals surface area contributed by atoms with Crippen molar-refractivity contribution in [1.29, 1.82) is 0 Å². The van der Waals surface area contributed by atoms with Gasteiger partial charge in [0, 0.05) is 23.4 Å². The van der Waals surface area contributed by atoms with Crippen LogP contribution in [0, 0.1) is 5.92 Å². The van der Waals surface area contributed by atoms with Crippen molar-refractivity contribution in [2.24, 2.45) is 5.92 Å². The van der Waals surface area contributed by atoms with Crippen LogP contribution in [0.4, 0.5) is 0 Å². The van der Waals surface area contributed by atoms with Gasteiger partial charge in [0.25, 0.3) is 0 Å². The fourth-order valence-electron chi connectivity index (χ4n) is 2.97. The summed E-state index contributed by atoms with van der Waals surface area (Å²) in [6, 6.07) is 0. The van der Waals surface area contributed by atoms with Gasteiger partial charge >= 0.3 is 0 Å². The first kappa shape index (κ1) is 12.7. The average Bonchev–Trinajstić information content (AvgIpc) is 3.11. The van der Waals surface area contributed by atoms with E-state index in [9.17, 15) is 5.11 Å². The number of aliphatic hydroxyl groups is 1. The van der Waals surface area contributed by atoms with Crippen LogP contribution >= 0.6 is 11.3 Å². The molecule has 7 heteroatoms. The normalized spacial score (nSPS) is 29.3. The topological polar surface area (TPSA) is 87.6 Å². The number of nitrogens with zero attached hydrogens (tertiary/aromatic N) is 4. The van der Waals surface area contributed by atoms with Crippen molar-refractivity contribution in [2.45, 2.75) is 44.1 Å². The van der Waals surface area contributed by atoms with Crippen molar-refractivity contribution in [1.82, 2.24) is 25.6 Å². The van der Waals surface area contributed by atoms with Crippen LogP contribution in [-0.2, 0) is 0 Å². The highest BCUT2D eigenvalue weighted by molar-refractivity contribution is 7.09. The number of aliphatic hydroxyl groups excluding tert-OH is 1. The molecule has 0 bridgehead atoms. The van der Waals surface area contributed by atoms with Crippen molar-refractivity contribution in [3.05, 3.63) is 22.4 Å². The molecule has 1 aliphatic carbocycles. The maximum absolute atomic E-state index is 9.84. The Morgan fingerprint density at radius 3 is 2.95 bits per heavy atom. The minimum Gasteiger partial charge on any atom is -0.393 e. The van der Waals surface area contributed by atoms with E-state index in [2.05, 4.69) is 25.6 Å². The fraction of sp³-hybridized carbons (Fsp3) is 0.667. The lowest BCUT2D eigenvalue weighted by molar-refractivity contribution is 0.0883. The molecular weight excluding hydrogens is 262 g/mol. The van der Waals surface area contributed by atoms with Gasteiger partial charge in [-0.05, 0) is 32.1 Å². The van der Waals surface area contributed by atoms with Gasteiger partial charge in [-0.1, -0.05) is 5.21 Å². The lowest BCUT2D eigenvalue weighted by Crippen LogP contribution is -2.28. The number of nitrogens with one attached hydrogen (secondary N) is 1. The summed E-state index contributed by atoms with van der Waals surface area (Å²) < 4.78 is 0. The predicted octanol–water partition coefficient (Wildman–Crippen LogP) is 1.70. The van der Waals surface area contributed by atoms with Gasteiger partial charge in [0.2, 0.25) is 0 Å². The Morgan fingerprint density at radius 2 is 2.32 bits per heavy atom. The highest BCUT2D eigenvalue weighted by atomic mass is 32.1. The molecule has 1 saturated carbocycles. The second-order valence-corrected chi connectivity index (χ2v) is 6.09. The fourth-order valence-corrected chi connectivity index (χ4v) is 3.79. The Morgan fingerprint density at radius 1 is 1.42 bits per heavy atom. The first-order valence-corrected chi connectivity index (χ1v) is 7.44. The number of rotatable bonds is 3. The van der Waals surface area contributed by atoms with Crippen LogP contribution in [-0.4, -0.2) is 36.8 Å². The van der Waals surface area contributed by atoms with E-state index in [0.29, 0.717) is 5.92 Å². The molecule has 0 aromatic carbocycles. The summed E-state index contributed by atoms with van der Waals surface area (Å²) in [5.74, 6) is 1.63. The zero-order chi connectivity index (χ0) is 13.2. The van der Waals surface area contributed by atoms with Crippen LogP contribution < -0.4 is 0 Å². The van der Waals surface area contributed by atoms with Crippen molar-refractivity contribution in [3.63, 3.8) is 0 Å². The third-order valence-electron chi connectivity index (χ3n) is 4.04. The molecule has 2 heterocycles. The summed E-state index contributed by atoms with van der Waals surface area (Å²) in [5, 5.41) is 27.4. The largest absolute Gasteiger partial charge is 0.393 e. The Bertz CT molecular complexity index is 498. The first-order chi connectivity index (χ1) is 9.25. The second kappa shape index (κ2) is 5.34. The molecule has 2 aromatic rings. The quantitative estimate of drug-likeness (QED) is 0.893. The third-order valence-corrected chi connectivity index (χ3v) is 4.94. The van der Waals surface area contributed by atoms with E-state index >= 15 is 0 Å². The number of H-pyrrole nitrogens is 1. The minimum atomic E-state index is -0.270. The van der Waals surface area contributed by atoms with Crippen LogP contribution in [0.25, 0.3) is 0 Å². The summed E-state index contributed by atoms with van der Waals surface area (Å²) in [5.41, 5.74) is 0. The van der Waals surface area contributed by atoms with Gasteiger partial charge < -0.3 is 5.11 Å². The Kier molecular flexibility index (Phi) is 3.56. The molecule has 0 radical (unpaired) electrons. The lowest BCUT2D eigenvalue weighted by atomic mass is 9.72. The summed E-state index contributed by atoms with van der Waals surface area (Å²) in [6.45, 7) is 1.87. The Balaban J connectivity index is 1.87. The molecule has 0 saturated heterocycles. The number of thiazole rings is 1. The highest BCUT2D eigenvalue weighted by Crippen LogP contribution is 2.46. The molecule has 1 fully saturated rings. The van der Waals surface area contributed by atoms with Crippen molar-refractivity contribution >= 4 is 11.3 Å². The molecule has 19 heavy (non-hydrogen) atoms. The lowest BCUT2D eigenvalue weighted by Gasteiger charge is -2.34. The standard InChI is InChI=1S/C12H17N5OS/c1-7(18)8-2-3-9(11-14-16-17-15-11)10(6-8)12-13-4-5-19-12/h4-5,7-10,18H,2-3,6H2,1H3,(H,14,15,16,17). The zero-order valence-corrected chi connectivity index (χ0v) is 11.5. The van der Waals surface area contributed by atoms with E-state index in [1.165, 1.54) is 0 Å². The van der Waals surface area contributed by atoms with Crippen molar-refractivity contribution < 1.29 is 5.11 Å². The summed E-state index contributed by atoms with van der Waals surface area (Å²) in [7, 11) is 0. The molecule has 2 N–H and O–H groups in total. The van der Waals surface area contributed by atoms with E-state index in [1.807, 2.05) is 18.5 Å². The molecular formula is C12H17N5OS. The molecule has 0 spiro atoms. The second-order valence-electron chi connectivity index (χ2n) is 5.17. The average molecular weight is 279 g/mol. The van der Waals surface area contributed by atoms with E-state index < -0.39 is 0 Å². The van der Waals surface area contributed by atoms with Gasteiger partial charge in [0.15, 0.2) is 5.82 Å².